The van der Waals surface area contributed by atoms with Crippen LogP contribution in [0.3, 0.4) is 0 Å². The maximum atomic E-state index is 6.15. The van der Waals surface area contributed by atoms with Gasteiger partial charge in [0.2, 0.25) is 0 Å². The maximum absolute atomic E-state index is 6.15. The molecule has 1 unspecified atom stereocenters. The predicted molar refractivity (Wildman–Crippen MR) is 112 cm³/mol. The zero-order valence-electron chi connectivity index (χ0n) is 17.0. The number of ether oxygens (including phenoxy) is 1. The lowest BCUT2D eigenvalue weighted by Crippen LogP contribution is -2.49. The van der Waals surface area contributed by atoms with Gasteiger partial charge >= 0.3 is 0 Å². The minimum Gasteiger partial charge on any atom is -0.377 e. The highest BCUT2D eigenvalue weighted by Crippen LogP contribution is 2.24. The number of halogens is 1. The molecule has 1 aromatic heterocycles. The summed E-state index contributed by atoms with van der Waals surface area (Å²) in [4.78, 5) is 8.92. The minimum absolute atomic E-state index is 0.0801. The first-order valence-corrected chi connectivity index (χ1v) is 9.94. The molecule has 0 saturated heterocycles. The second kappa shape index (κ2) is 8.92. The van der Waals surface area contributed by atoms with Crippen molar-refractivity contribution in [3.63, 3.8) is 0 Å². The van der Waals surface area contributed by atoms with E-state index in [4.69, 9.17) is 16.3 Å². The SMILES string of the molecule is CN=C(NCC(C)(C)c1cccc(Cl)c1)NC1CCc2nc(COC)nn2C1. The van der Waals surface area contributed by atoms with Gasteiger partial charge in [0.15, 0.2) is 11.8 Å². The fourth-order valence-corrected chi connectivity index (χ4v) is 3.56. The molecule has 2 aromatic rings. The zero-order chi connectivity index (χ0) is 20.1. The fraction of sp³-hybridized carbons (Fsp3) is 0.550. The molecule has 0 radical (unpaired) electrons. The molecule has 0 amide bonds. The molecule has 0 saturated carbocycles. The van der Waals surface area contributed by atoms with Crippen molar-refractivity contribution in [3.05, 3.63) is 46.5 Å². The average molecular weight is 405 g/mol. The summed E-state index contributed by atoms with van der Waals surface area (Å²) in [5.41, 5.74) is 1.11. The van der Waals surface area contributed by atoms with Crippen molar-refractivity contribution in [1.29, 1.82) is 0 Å². The van der Waals surface area contributed by atoms with Crippen molar-refractivity contribution in [2.75, 3.05) is 20.7 Å². The summed E-state index contributed by atoms with van der Waals surface area (Å²) in [7, 11) is 3.45. The van der Waals surface area contributed by atoms with Crippen LogP contribution in [0.1, 0.15) is 37.5 Å². The number of methoxy groups -OCH3 is 1. The second-order valence-electron chi connectivity index (χ2n) is 7.76. The highest BCUT2D eigenvalue weighted by molar-refractivity contribution is 6.30. The highest BCUT2D eigenvalue weighted by Gasteiger charge is 2.24. The Hall–Kier alpha value is -2.12. The molecule has 0 aliphatic carbocycles. The summed E-state index contributed by atoms with van der Waals surface area (Å²) < 4.78 is 7.10. The molecule has 8 heteroatoms. The Morgan fingerprint density at radius 3 is 2.96 bits per heavy atom. The summed E-state index contributed by atoms with van der Waals surface area (Å²) in [5, 5.41) is 12.3. The van der Waals surface area contributed by atoms with Gasteiger partial charge in [-0.2, -0.15) is 5.10 Å². The second-order valence-corrected chi connectivity index (χ2v) is 8.20. The van der Waals surface area contributed by atoms with Crippen LogP contribution in [0.15, 0.2) is 29.3 Å². The lowest BCUT2D eigenvalue weighted by atomic mass is 9.84. The number of aryl methyl sites for hydroxylation is 1. The predicted octanol–water partition coefficient (Wildman–Crippen LogP) is 2.54. The molecule has 28 heavy (non-hydrogen) atoms. The molecule has 0 spiro atoms. The first kappa shape index (κ1) is 20.6. The highest BCUT2D eigenvalue weighted by atomic mass is 35.5. The van der Waals surface area contributed by atoms with Crippen molar-refractivity contribution in [1.82, 2.24) is 25.4 Å². The normalized spacial score (nSPS) is 17.3. The van der Waals surface area contributed by atoms with Crippen LogP contribution in [0.4, 0.5) is 0 Å². The molecule has 0 bridgehead atoms. The summed E-state index contributed by atoms with van der Waals surface area (Å²) in [6, 6.07) is 8.26. The van der Waals surface area contributed by atoms with Gasteiger partial charge in [0.1, 0.15) is 12.4 Å². The standard InChI is InChI=1S/C20H29ClN6O/c1-20(2,14-6-5-7-15(21)10-14)13-23-19(22-3)24-16-8-9-18-25-17(12-28-4)26-27(18)11-16/h5-7,10,16H,8-9,11-13H2,1-4H3,(H2,22,23,24). The first-order valence-electron chi connectivity index (χ1n) is 9.56. The number of guanidine groups is 1. The number of hydrogen-bond acceptors (Lipinski definition) is 4. The van der Waals surface area contributed by atoms with Crippen LogP contribution >= 0.6 is 11.6 Å². The first-order chi connectivity index (χ1) is 13.4. The van der Waals surface area contributed by atoms with E-state index in [0.29, 0.717) is 6.61 Å². The van der Waals surface area contributed by atoms with Crippen LogP contribution in [0.2, 0.25) is 5.02 Å². The van der Waals surface area contributed by atoms with Gasteiger partial charge in [-0.05, 0) is 24.1 Å². The van der Waals surface area contributed by atoms with Crippen molar-refractivity contribution in [2.45, 2.75) is 51.3 Å². The molecule has 1 aliphatic heterocycles. The van der Waals surface area contributed by atoms with Gasteiger partial charge in [0.05, 0.1) is 6.54 Å². The number of aliphatic imine (C=N–C) groups is 1. The van der Waals surface area contributed by atoms with Crippen LogP contribution in [-0.2, 0) is 29.7 Å². The third-order valence-corrected chi connectivity index (χ3v) is 5.28. The average Bonchev–Trinajstić information content (AvgIpc) is 3.07. The van der Waals surface area contributed by atoms with E-state index in [-0.39, 0.29) is 11.5 Å². The van der Waals surface area contributed by atoms with E-state index in [1.807, 2.05) is 22.9 Å². The zero-order valence-corrected chi connectivity index (χ0v) is 17.8. The van der Waals surface area contributed by atoms with E-state index in [1.165, 1.54) is 5.56 Å². The summed E-state index contributed by atoms with van der Waals surface area (Å²) in [6.45, 7) is 6.34. The van der Waals surface area contributed by atoms with Crippen LogP contribution < -0.4 is 10.6 Å². The van der Waals surface area contributed by atoms with Gasteiger partial charge in [0.25, 0.3) is 0 Å². The Kier molecular flexibility index (Phi) is 6.57. The quantitative estimate of drug-likeness (QED) is 0.571. The molecule has 1 aromatic carbocycles. The van der Waals surface area contributed by atoms with E-state index in [1.54, 1.807) is 14.2 Å². The minimum atomic E-state index is -0.0801. The summed E-state index contributed by atoms with van der Waals surface area (Å²) in [6.07, 6.45) is 1.88. The Balaban J connectivity index is 1.57. The van der Waals surface area contributed by atoms with E-state index in [2.05, 4.69) is 45.6 Å². The molecule has 7 nitrogen and oxygen atoms in total. The van der Waals surface area contributed by atoms with Crippen molar-refractivity contribution in [2.24, 2.45) is 4.99 Å². The van der Waals surface area contributed by atoms with Gasteiger partial charge < -0.3 is 15.4 Å². The molecule has 1 atom stereocenters. The fourth-order valence-electron chi connectivity index (χ4n) is 3.37. The van der Waals surface area contributed by atoms with Crippen LogP contribution in [-0.4, -0.2) is 47.5 Å². The van der Waals surface area contributed by atoms with Gasteiger partial charge in [-0.3, -0.25) is 4.99 Å². The van der Waals surface area contributed by atoms with Crippen LogP contribution in [0.25, 0.3) is 0 Å². The van der Waals surface area contributed by atoms with Crippen molar-refractivity contribution in [3.8, 4) is 0 Å². The van der Waals surface area contributed by atoms with Gasteiger partial charge in [-0.25, -0.2) is 9.67 Å². The van der Waals surface area contributed by atoms with E-state index < -0.39 is 0 Å². The van der Waals surface area contributed by atoms with Gasteiger partial charge in [-0.15, -0.1) is 0 Å². The van der Waals surface area contributed by atoms with Crippen molar-refractivity contribution >= 4 is 17.6 Å². The molecule has 2 heterocycles. The summed E-state index contributed by atoms with van der Waals surface area (Å²) in [5.74, 6) is 2.56. The van der Waals surface area contributed by atoms with Crippen molar-refractivity contribution < 1.29 is 4.74 Å². The molecule has 152 valence electrons. The van der Waals surface area contributed by atoms with E-state index in [9.17, 15) is 0 Å². The van der Waals surface area contributed by atoms with Gasteiger partial charge in [-0.1, -0.05) is 37.6 Å². The lowest BCUT2D eigenvalue weighted by Gasteiger charge is -2.29. The molecule has 3 rings (SSSR count). The largest absolute Gasteiger partial charge is 0.377 e. The number of benzene rings is 1. The lowest BCUT2D eigenvalue weighted by molar-refractivity contribution is 0.177. The number of nitrogens with one attached hydrogen (secondary N) is 2. The number of aromatic nitrogens is 3. The smallest absolute Gasteiger partial charge is 0.191 e. The molecule has 0 fully saturated rings. The Bertz CT molecular complexity index is 832. The number of hydrogen-bond donors (Lipinski definition) is 2. The topological polar surface area (TPSA) is 76.4 Å². The molecular formula is C20H29ClN6O. The number of nitrogens with zero attached hydrogens (tertiary/aromatic N) is 4. The number of rotatable bonds is 6. The van der Waals surface area contributed by atoms with Gasteiger partial charge in [0, 0.05) is 43.6 Å². The molecule has 1 aliphatic rings. The third kappa shape index (κ3) is 5.02. The monoisotopic (exact) mass is 404 g/mol. The van der Waals surface area contributed by atoms with E-state index in [0.717, 1.165) is 48.6 Å². The maximum Gasteiger partial charge on any atom is 0.191 e. The Morgan fingerprint density at radius 1 is 1.43 bits per heavy atom. The Labute approximate surface area is 171 Å². The molecular weight excluding hydrogens is 376 g/mol. The molecule has 2 N–H and O–H groups in total. The Morgan fingerprint density at radius 2 is 2.25 bits per heavy atom. The van der Waals surface area contributed by atoms with Crippen LogP contribution in [0.5, 0.6) is 0 Å². The third-order valence-electron chi connectivity index (χ3n) is 5.04. The van der Waals surface area contributed by atoms with Crippen LogP contribution in [0, 0.1) is 0 Å². The summed E-state index contributed by atoms with van der Waals surface area (Å²) >= 11 is 6.15. The van der Waals surface area contributed by atoms with E-state index >= 15 is 0 Å². The number of fused-ring (bicyclic) bond motifs is 1.